The average molecular weight is 586 g/mol. The average Bonchev–Trinajstić information content (AvgIpc) is 2.91. The maximum absolute atomic E-state index is 13.9. The molecule has 3 aromatic carbocycles. The van der Waals surface area contributed by atoms with Crippen molar-refractivity contribution in [3.8, 4) is 5.75 Å². The molecule has 0 saturated heterocycles. The summed E-state index contributed by atoms with van der Waals surface area (Å²) in [7, 11) is -4.13. The van der Waals surface area contributed by atoms with E-state index in [9.17, 15) is 18.0 Å². The Labute approximate surface area is 241 Å². The van der Waals surface area contributed by atoms with Crippen LogP contribution in [0.2, 0.25) is 5.02 Å². The Hall–Kier alpha value is -3.56. The molecule has 1 unspecified atom stereocenters. The lowest BCUT2D eigenvalue weighted by Crippen LogP contribution is -2.54. The lowest BCUT2D eigenvalue weighted by atomic mass is 10.1. The second kappa shape index (κ2) is 13.2. The predicted molar refractivity (Wildman–Crippen MR) is 158 cm³/mol. The van der Waals surface area contributed by atoms with Crippen LogP contribution < -0.4 is 14.4 Å². The van der Waals surface area contributed by atoms with Crippen molar-refractivity contribution in [1.82, 2.24) is 10.2 Å². The molecule has 0 aliphatic heterocycles. The molecule has 0 aliphatic carbocycles. The molecule has 0 spiro atoms. The smallest absolute Gasteiger partial charge is 0.264 e. The van der Waals surface area contributed by atoms with Gasteiger partial charge < -0.3 is 15.0 Å². The molecule has 0 radical (unpaired) electrons. The fraction of sp³-hybridized carbons (Fsp3) is 0.333. The van der Waals surface area contributed by atoms with Gasteiger partial charge >= 0.3 is 0 Å². The van der Waals surface area contributed by atoms with Crippen molar-refractivity contribution in [2.24, 2.45) is 0 Å². The lowest BCUT2D eigenvalue weighted by Gasteiger charge is -2.33. The molecule has 0 heterocycles. The summed E-state index contributed by atoms with van der Waals surface area (Å²) in [5, 5.41) is 3.45. The molecule has 0 aromatic heterocycles. The van der Waals surface area contributed by atoms with Crippen LogP contribution in [-0.4, -0.2) is 49.9 Å². The number of ether oxygens (including phenoxy) is 1. The van der Waals surface area contributed by atoms with Crippen LogP contribution in [0.1, 0.15) is 40.2 Å². The highest BCUT2D eigenvalue weighted by atomic mass is 35.5. The Kier molecular flexibility index (Phi) is 10.2. The molecule has 3 aromatic rings. The van der Waals surface area contributed by atoms with Gasteiger partial charge in [-0.15, -0.1) is 0 Å². The number of nitrogens with zero attached hydrogens (tertiary/aromatic N) is 2. The highest BCUT2D eigenvalue weighted by molar-refractivity contribution is 7.92. The van der Waals surface area contributed by atoms with Gasteiger partial charge in [-0.05, 0) is 88.7 Å². The van der Waals surface area contributed by atoms with Crippen molar-refractivity contribution in [3.63, 3.8) is 0 Å². The van der Waals surface area contributed by atoms with E-state index in [0.717, 1.165) is 9.87 Å². The molecule has 10 heteroatoms. The Morgan fingerprint density at radius 2 is 1.55 bits per heavy atom. The SMILES string of the molecule is CCOc1ccc(N(CC(=O)N(Cc2ccc(Cl)cc2)C(C)C(=O)NC(C)(C)C)S(=O)(=O)c2ccccc2)cc1. The van der Waals surface area contributed by atoms with E-state index in [-0.39, 0.29) is 17.3 Å². The third kappa shape index (κ3) is 8.22. The van der Waals surface area contributed by atoms with E-state index in [1.54, 1.807) is 73.7 Å². The zero-order valence-electron chi connectivity index (χ0n) is 23.4. The molecular formula is C30H36ClN3O5S. The Balaban J connectivity index is 2.02. The van der Waals surface area contributed by atoms with E-state index >= 15 is 0 Å². The normalized spacial score (nSPS) is 12.3. The molecule has 3 rings (SSSR count). The van der Waals surface area contributed by atoms with Crippen molar-refractivity contribution in [1.29, 1.82) is 0 Å². The highest BCUT2D eigenvalue weighted by Gasteiger charge is 2.33. The Morgan fingerprint density at radius 1 is 0.950 bits per heavy atom. The minimum absolute atomic E-state index is 0.0412. The number of sulfonamides is 1. The molecule has 8 nitrogen and oxygen atoms in total. The maximum Gasteiger partial charge on any atom is 0.264 e. The summed E-state index contributed by atoms with van der Waals surface area (Å²) >= 11 is 6.05. The van der Waals surface area contributed by atoms with Crippen LogP contribution in [-0.2, 0) is 26.2 Å². The topological polar surface area (TPSA) is 96.0 Å². The summed E-state index contributed by atoms with van der Waals surface area (Å²) in [5.41, 5.74) is 0.510. The van der Waals surface area contributed by atoms with Gasteiger partial charge in [0, 0.05) is 17.1 Å². The van der Waals surface area contributed by atoms with Gasteiger partial charge in [-0.25, -0.2) is 8.42 Å². The third-order valence-corrected chi connectivity index (χ3v) is 8.02. The molecule has 40 heavy (non-hydrogen) atoms. The summed E-state index contributed by atoms with van der Waals surface area (Å²) in [4.78, 5) is 28.5. The minimum Gasteiger partial charge on any atom is -0.494 e. The number of carbonyl (C=O) groups excluding carboxylic acids is 2. The van der Waals surface area contributed by atoms with Gasteiger partial charge in [-0.1, -0.05) is 41.9 Å². The molecule has 0 saturated carbocycles. The number of nitrogens with one attached hydrogen (secondary N) is 1. The number of benzene rings is 3. The van der Waals surface area contributed by atoms with Gasteiger partial charge in [0.2, 0.25) is 11.8 Å². The van der Waals surface area contributed by atoms with Crippen molar-refractivity contribution in [2.45, 2.75) is 57.6 Å². The van der Waals surface area contributed by atoms with Gasteiger partial charge in [0.1, 0.15) is 18.3 Å². The number of hydrogen-bond donors (Lipinski definition) is 1. The molecule has 2 amide bonds. The minimum atomic E-state index is -4.13. The van der Waals surface area contributed by atoms with Crippen LogP contribution in [0.3, 0.4) is 0 Å². The molecule has 1 atom stereocenters. The second-order valence-electron chi connectivity index (χ2n) is 10.3. The number of rotatable bonds is 11. The molecule has 1 N–H and O–H groups in total. The van der Waals surface area contributed by atoms with Gasteiger partial charge in [0.25, 0.3) is 10.0 Å². The van der Waals surface area contributed by atoms with Crippen LogP contribution in [0.5, 0.6) is 5.75 Å². The Bertz CT molecular complexity index is 1390. The first-order valence-electron chi connectivity index (χ1n) is 13.0. The molecule has 0 bridgehead atoms. The zero-order valence-corrected chi connectivity index (χ0v) is 25.0. The number of anilines is 1. The van der Waals surface area contributed by atoms with Crippen LogP contribution in [0.25, 0.3) is 0 Å². The van der Waals surface area contributed by atoms with E-state index in [1.807, 2.05) is 27.7 Å². The number of carbonyl (C=O) groups is 2. The van der Waals surface area contributed by atoms with Crippen LogP contribution in [0, 0.1) is 0 Å². The van der Waals surface area contributed by atoms with E-state index in [1.165, 1.54) is 17.0 Å². The molecular weight excluding hydrogens is 550 g/mol. The first-order chi connectivity index (χ1) is 18.8. The first kappa shape index (κ1) is 31.0. The van der Waals surface area contributed by atoms with Gasteiger partial charge in [0.15, 0.2) is 0 Å². The van der Waals surface area contributed by atoms with E-state index < -0.39 is 34.1 Å². The van der Waals surface area contributed by atoms with E-state index in [0.29, 0.717) is 23.1 Å². The number of halogens is 1. The van der Waals surface area contributed by atoms with E-state index in [4.69, 9.17) is 16.3 Å². The summed E-state index contributed by atoms with van der Waals surface area (Å²) in [5.74, 6) is -0.320. The number of amides is 2. The van der Waals surface area contributed by atoms with Crippen molar-refractivity contribution in [2.75, 3.05) is 17.5 Å². The maximum atomic E-state index is 13.9. The van der Waals surface area contributed by atoms with E-state index in [2.05, 4.69) is 5.32 Å². The van der Waals surface area contributed by atoms with Gasteiger partial charge in [-0.2, -0.15) is 0 Å². The van der Waals surface area contributed by atoms with Crippen LogP contribution >= 0.6 is 11.6 Å². The van der Waals surface area contributed by atoms with Crippen molar-refractivity contribution >= 4 is 39.1 Å². The third-order valence-electron chi connectivity index (χ3n) is 5.98. The molecule has 0 fully saturated rings. The largest absolute Gasteiger partial charge is 0.494 e. The van der Waals surface area contributed by atoms with Crippen LogP contribution in [0.15, 0.2) is 83.8 Å². The second-order valence-corrected chi connectivity index (χ2v) is 12.6. The molecule has 0 aliphatic rings. The number of hydrogen-bond acceptors (Lipinski definition) is 5. The monoisotopic (exact) mass is 585 g/mol. The van der Waals surface area contributed by atoms with Crippen molar-refractivity contribution in [3.05, 3.63) is 89.4 Å². The van der Waals surface area contributed by atoms with Gasteiger partial charge in [-0.3, -0.25) is 13.9 Å². The lowest BCUT2D eigenvalue weighted by molar-refractivity contribution is -0.140. The predicted octanol–water partition coefficient (Wildman–Crippen LogP) is 5.27. The molecule has 214 valence electrons. The Morgan fingerprint density at radius 3 is 2.10 bits per heavy atom. The highest BCUT2D eigenvalue weighted by Crippen LogP contribution is 2.27. The zero-order chi connectivity index (χ0) is 29.5. The fourth-order valence-electron chi connectivity index (χ4n) is 3.97. The summed E-state index contributed by atoms with van der Waals surface area (Å²) in [6.45, 7) is 9.04. The van der Waals surface area contributed by atoms with Gasteiger partial charge in [0.05, 0.1) is 17.2 Å². The summed E-state index contributed by atoms with van der Waals surface area (Å²) < 4.78 is 34.2. The van der Waals surface area contributed by atoms with Crippen molar-refractivity contribution < 1.29 is 22.7 Å². The fourth-order valence-corrected chi connectivity index (χ4v) is 5.53. The summed E-state index contributed by atoms with van der Waals surface area (Å²) in [6.07, 6.45) is 0. The van der Waals surface area contributed by atoms with Crippen LogP contribution in [0.4, 0.5) is 5.69 Å². The first-order valence-corrected chi connectivity index (χ1v) is 14.8. The standard InChI is InChI=1S/C30H36ClN3O5S/c1-6-39-26-18-16-25(17-19-26)34(40(37,38)27-10-8-7-9-11-27)21-28(35)33(20-23-12-14-24(31)15-13-23)22(2)29(36)32-30(3,4)5/h7-19,22H,6,20-21H2,1-5H3,(H,32,36). The summed E-state index contributed by atoms with van der Waals surface area (Å²) in [6, 6.07) is 20.5. The quantitative estimate of drug-likeness (QED) is 0.331.